The summed E-state index contributed by atoms with van der Waals surface area (Å²) in [6, 6.07) is 9.51. The smallest absolute Gasteiger partial charge is 0.190 e. The first kappa shape index (κ1) is 24.5. The third-order valence-electron chi connectivity index (χ3n) is 5.01. The number of halogens is 4. The second kappa shape index (κ2) is 10.6. The number of nitrogens with zero attached hydrogens (tertiary/aromatic N) is 1. The highest BCUT2D eigenvalue weighted by molar-refractivity contribution is 5.85. The second-order valence-corrected chi connectivity index (χ2v) is 7.37. The fourth-order valence-corrected chi connectivity index (χ4v) is 3.46. The Morgan fingerprint density at radius 3 is 2.21 bits per heavy atom. The summed E-state index contributed by atoms with van der Waals surface area (Å²) >= 11 is 0. The van der Waals surface area contributed by atoms with Crippen LogP contribution in [0.15, 0.2) is 36.4 Å². The van der Waals surface area contributed by atoms with E-state index in [1.54, 1.807) is 13.0 Å². The molecule has 4 nitrogen and oxygen atoms in total. The molecule has 1 fully saturated rings. The highest BCUT2D eigenvalue weighted by Crippen LogP contribution is 2.31. The molecule has 1 saturated heterocycles. The lowest BCUT2D eigenvalue weighted by atomic mass is 10.0. The van der Waals surface area contributed by atoms with E-state index in [-0.39, 0.29) is 36.5 Å². The van der Waals surface area contributed by atoms with Crippen molar-refractivity contribution in [1.82, 2.24) is 0 Å². The van der Waals surface area contributed by atoms with Gasteiger partial charge in [0.2, 0.25) is 0 Å². The van der Waals surface area contributed by atoms with Gasteiger partial charge in [0, 0.05) is 16.9 Å². The molecule has 8 heteroatoms. The summed E-state index contributed by atoms with van der Waals surface area (Å²) in [5.74, 6) is -4.11. The third kappa shape index (κ3) is 5.27. The van der Waals surface area contributed by atoms with Crippen LogP contribution >= 0.6 is 0 Å². The molecule has 0 N–H and O–H groups in total. The fourth-order valence-electron chi connectivity index (χ4n) is 3.46. The van der Waals surface area contributed by atoms with Gasteiger partial charge < -0.3 is 14.2 Å². The zero-order chi connectivity index (χ0) is 24.1. The number of hydrogen-bond donors (Lipinski definition) is 0. The van der Waals surface area contributed by atoms with Crippen molar-refractivity contribution in [1.29, 1.82) is 5.26 Å². The molecule has 0 radical (unpaired) electrons. The van der Waals surface area contributed by atoms with E-state index in [1.807, 2.05) is 13.8 Å². The zero-order valence-corrected chi connectivity index (χ0v) is 18.4. The van der Waals surface area contributed by atoms with Crippen LogP contribution in [0.25, 0.3) is 10.8 Å². The minimum absolute atomic E-state index is 0.00526. The maximum absolute atomic E-state index is 14.3. The molecule has 0 aromatic heterocycles. The van der Waals surface area contributed by atoms with Gasteiger partial charge in [-0.1, -0.05) is 26.0 Å². The van der Waals surface area contributed by atoms with Crippen molar-refractivity contribution in [3.05, 3.63) is 76.4 Å². The van der Waals surface area contributed by atoms with E-state index in [4.69, 9.17) is 19.5 Å². The van der Waals surface area contributed by atoms with Gasteiger partial charge in [-0.15, -0.1) is 0 Å². The molecule has 1 heterocycles. The van der Waals surface area contributed by atoms with Crippen LogP contribution in [0.2, 0.25) is 0 Å². The van der Waals surface area contributed by atoms with Gasteiger partial charge in [0.15, 0.2) is 29.5 Å². The Bertz CT molecular complexity index is 1160. The van der Waals surface area contributed by atoms with Gasteiger partial charge in [-0.05, 0) is 42.1 Å². The molecule has 1 aliphatic rings. The van der Waals surface area contributed by atoms with Crippen LogP contribution in [0.1, 0.15) is 36.8 Å². The number of aryl methyl sites for hydroxylation is 1. The number of fused-ring (bicyclic) bond motifs is 1. The van der Waals surface area contributed by atoms with Crippen LogP contribution < -0.4 is 4.74 Å². The summed E-state index contributed by atoms with van der Waals surface area (Å²) < 4.78 is 72.6. The van der Waals surface area contributed by atoms with Crippen molar-refractivity contribution in [2.45, 2.75) is 27.1 Å². The first-order valence-corrected chi connectivity index (χ1v) is 10.5. The molecular formula is C25H23F4NO3. The van der Waals surface area contributed by atoms with Gasteiger partial charge in [0.05, 0.1) is 19.8 Å². The average molecular weight is 461 g/mol. The molecular weight excluding hydrogens is 438 g/mol. The molecule has 0 bridgehead atoms. The average Bonchev–Trinajstić information content (AvgIpc) is 2.80. The highest BCUT2D eigenvalue weighted by Gasteiger charge is 2.26. The lowest BCUT2D eigenvalue weighted by Gasteiger charge is -2.29. The van der Waals surface area contributed by atoms with Crippen molar-refractivity contribution in [2.75, 3.05) is 19.8 Å². The molecule has 0 aliphatic carbocycles. The maximum Gasteiger partial charge on any atom is 0.190 e. The highest BCUT2D eigenvalue weighted by atomic mass is 19.1. The van der Waals surface area contributed by atoms with E-state index < -0.39 is 40.9 Å². The number of ether oxygens (including phenoxy) is 3. The van der Waals surface area contributed by atoms with Crippen molar-refractivity contribution in [2.24, 2.45) is 5.92 Å². The predicted octanol–water partition coefficient (Wildman–Crippen LogP) is 6.34. The van der Waals surface area contributed by atoms with E-state index >= 15 is 0 Å². The third-order valence-corrected chi connectivity index (χ3v) is 5.01. The van der Waals surface area contributed by atoms with Gasteiger partial charge in [0.25, 0.3) is 0 Å². The number of hydrogen-bond acceptors (Lipinski definition) is 4. The van der Waals surface area contributed by atoms with Crippen LogP contribution in [-0.4, -0.2) is 19.8 Å². The van der Waals surface area contributed by atoms with Crippen LogP contribution in [-0.2, 0) is 9.47 Å². The molecule has 4 rings (SSSR count). The van der Waals surface area contributed by atoms with Gasteiger partial charge in [-0.3, -0.25) is 0 Å². The first-order chi connectivity index (χ1) is 15.9. The topological polar surface area (TPSA) is 51.5 Å². The summed E-state index contributed by atoms with van der Waals surface area (Å²) in [5, 5.41) is 9.27. The quantitative estimate of drug-likeness (QED) is 0.425. The lowest BCUT2D eigenvalue weighted by Crippen LogP contribution is -2.31. The van der Waals surface area contributed by atoms with Gasteiger partial charge in [0.1, 0.15) is 17.4 Å². The van der Waals surface area contributed by atoms with Gasteiger partial charge >= 0.3 is 0 Å². The van der Waals surface area contributed by atoms with E-state index in [2.05, 4.69) is 0 Å². The molecule has 1 aliphatic heterocycles. The maximum atomic E-state index is 14.3. The molecule has 0 amide bonds. The van der Waals surface area contributed by atoms with E-state index in [0.717, 1.165) is 6.07 Å². The SMILES string of the molecule is CC.Cc1cc(F)c(OCC2COC(c3ccc4c(F)c(C#N)c(F)cc4c3)OC2)c(F)c1. The Balaban J connectivity index is 0.00000149. The number of benzene rings is 3. The summed E-state index contributed by atoms with van der Waals surface area (Å²) in [6.07, 6.45) is -0.768. The summed E-state index contributed by atoms with van der Waals surface area (Å²) in [4.78, 5) is 0. The molecule has 0 unspecified atom stereocenters. The molecule has 0 atom stereocenters. The zero-order valence-electron chi connectivity index (χ0n) is 18.4. The Hall–Kier alpha value is -3.15. The van der Waals surface area contributed by atoms with Crippen LogP contribution in [0, 0.1) is 47.4 Å². The normalized spacial score (nSPS) is 17.8. The largest absolute Gasteiger partial charge is 0.487 e. The molecule has 0 spiro atoms. The molecule has 174 valence electrons. The van der Waals surface area contributed by atoms with Crippen molar-refractivity contribution < 1.29 is 31.8 Å². The standard InChI is InChI=1S/C23H17F4NO3.C2H6/c1-12-4-19(25)22(20(26)5-12)29-9-13-10-30-23(31-11-13)14-2-3-16-15(6-14)7-18(24)17(8-28)21(16)27;1-2/h2-7,13,23H,9-11H2,1H3;1-2H3. The number of rotatable bonds is 4. The Morgan fingerprint density at radius 2 is 1.61 bits per heavy atom. The van der Waals surface area contributed by atoms with Crippen molar-refractivity contribution >= 4 is 10.8 Å². The molecule has 3 aromatic rings. The Labute approximate surface area is 189 Å². The first-order valence-electron chi connectivity index (χ1n) is 10.5. The fraction of sp³-hybridized carbons (Fsp3) is 0.320. The minimum atomic E-state index is -0.942. The lowest BCUT2D eigenvalue weighted by molar-refractivity contribution is -0.208. The monoisotopic (exact) mass is 461 g/mol. The van der Waals surface area contributed by atoms with E-state index in [9.17, 15) is 17.6 Å². The van der Waals surface area contributed by atoms with Crippen molar-refractivity contribution in [3.8, 4) is 11.8 Å². The Kier molecular flexibility index (Phi) is 7.90. The second-order valence-electron chi connectivity index (χ2n) is 7.37. The van der Waals surface area contributed by atoms with Crippen molar-refractivity contribution in [3.63, 3.8) is 0 Å². The molecule has 0 saturated carbocycles. The molecule has 3 aromatic carbocycles. The van der Waals surface area contributed by atoms with Crippen LogP contribution in [0.5, 0.6) is 5.75 Å². The van der Waals surface area contributed by atoms with Gasteiger partial charge in [-0.2, -0.15) is 5.26 Å². The predicted molar refractivity (Wildman–Crippen MR) is 115 cm³/mol. The summed E-state index contributed by atoms with van der Waals surface area (Å²) in [7, 11) is 0. The van der Waals surface area contributed by atoms with Crippen LogP contribution in [0.4, 0.5) is 17.6 Å². The minimum Gasteiger partial charge on any atom is -0.487 e. The molecule has 33 heavy (non-hydrogen) atoms. The van der Waals surface area contributed by atoms with Gasteiger partial charge in [-0.25, -0.2) is 17.6 Å². The van der Waals surface area contributed by atoms with E-state index in [1.165, 1.54) is 30.3 Å². The van der Waals surface area contributed by atoms with E-state index in [0.29, 0.717) is 11.1 Å². The summed E-state index contributed by atoms with van der Waals surface area (Å²) in [6.45, 7) is 5.98. The Morgan fingerprint density at radius 1 is 0.970 bits per heavy atom. The number of nitriles is 1. The van der Waals surface area contributed by atoms with Crippen LogP contribution in [0.3, 0.4) is 0 Å². The summed E-state index contributed by atoms with van der Waals surface area (Å²) in [5.41, 5.74) is 0.370.